The Labute approximate surface area is 95.5 Å². The minimum absolute atomic E-state index is 0.483. The van der Waals surface area contributed by atoms with E-state index >= 15 is 0 Å². The molecular weight excluding hydrogens is 206 g/mol. The van der Waals surface area contributed by atoms with Crippen LogP contribution in [0, 0.1) is 5.41 Å². The molecule has 0 saturated carbocycles. The fourth-order valence-corrected chi connectivity index (χ4v) is 1.75. The molecule has 3 heteroatoms. The zero-order chi connectivity index (χ0) is 11.4. The van der Waals surface area contributed by atoms with Gasteiger partial charge in [-0.25, -0.2) is 0 Å². The molecule has 0 heterocycles. The van der Waals surface area contributed by atoms with Crippen molar-refractivity contribution in [2.24, 2.45) is 0 Å². The average Bonchev–Trinajstić information content (AvgIpc) is 2.27. The molecule has 0 fully saturated rings. The molecule has 15 heavy (non-hydrogen) atoms. The van der Waals surface area contributed by atoms with Crippen LogP contribution in [-0.4, -0.2) is 18.4 Å². The van der Waals surface area contributed by atoms with Crippen molar-refractivity contribution in [1.29, 1.82) is 5.41 Å². The second-order valence-electron chi connectivity index (χ2n) is 3.65. The first-order chi connectivity index (χ1) is 7.10. The van der Waals surface area contributed by atoms with Gasteiger partial charge in [0.1, 0.15) is 5.75 Å². The molecule has 0 aromatic heterocycles. The SMILES string of the molecule is COc1cc(C(C)C)ccc1C(=N)SC. The highest BCUT2D eigenvalue weighted by atomic mass is 32.2. The second kappa shape index (κ2) is 5.21. The molecule has 1 N–H and O–H groups in total. The third kappa shape index (κ3) is 2.75. The molecular formula is C12H17NOS. The molecule has 0 amide bonds. The molecule has 0 unspecified atom stereocenters. The molecule has 1 rings (SSSR count). The van der Waals surface area contributed by atoms with Gasteiger partial charge in [-0.05, 0) is 29.9 Å². The topological polar surface area (TPSA) is 33.1 Å². The van der Waals surface area contributed by atoms with Gasteiger partial charge in [0.2, 0.25) is 0 Å². The minimum atomic E-state index is 0.483. The fourth-order valence-electron chi connectivity index (χ4n) is 1.36. The van der Waals surface area contributed by atoms with Gasteiger partial charge >= 0.3 is 0 Å². The summed E-state index contributed by atoms with van der Waals surface area (Å²) in [5, 5.41) is 8.33. The first-order valence-corrected chi connectivity index (χ1v) is 6.13. The van der Waals surface area contributed by atoms with Crippen molar-refractivity contribution in [3.05, 3.63) is 29.3 Å². The first kappa shape index (κ1) is 12.1. The molecule has 0 radical (unpaired) electrons. The van der Waals surface area contributed by atoms with Crippen LogP contribution in [0.1, 0.15) is 30.9 Å². The van der Waals surface area contributed by atoms with Crippen molar-refractivity contribution in [3.63, 3.8) is 0 Å². The highest BCUT2D eigenvalue weighted by Gasteiger charge is 2.09. The second-order valence-corrected chi connectivity index (χ2v) is 4.46. The number of methoxy groups -OCH3 is 1. The van der Waals surface area contributed by atoms with E-state index in [9.17, 15) is 0 Å². The maximum Gasteiger partial charge on any atom is 0.129 e. The van der Waals surface area contributed by atoms with Crippen molar-refractivity contribution in [2.75, 3.05) is 13.4 Å². The van der Waals surface area contributed by atoms with Crippen molar-refractivity contribution >= 4 is 16.8 Å². The van der Waals surface area contributed by atoms with Gasteiger partial charge in [0.15, 0.2) is 0 Å². The van der Waals surface area contributed by atoms with E-state index in [4.69, 9.17) is 10.1 Å². The molecule has 1 aromatic rings. The van der Waals surface area contributed by atoms with Crippen molar-refractivity contribution < 1.29 is 4.74 Å². The summed E-state index contributed by atoms with van der Waals surface area (Å²) in [6.45, 7) is 4.29. The predicted molar refractivity (Wildman–Crippen MR) is 67.4 cm³/mol. The number of hydrogen-bond donors (Lipinski definition) is 1. The molecule has 0 bridgehead atoms. The highest BCUT2D eigenvalue weighted by Crippen LogP contribution is 2.26. The van der Waals surface area contributed by atoms with E-state index < -0.39 is 0 Å². The maximum atomic E-state index is 7.78. The van der Waals surface area contributed by atoms with E-state index in [1.54, 1.807) is 7.11 Å². The first-order valence-electron chi connectivity index (χ1n) is 4.91. The molecule has 0 spiro atoms. The summed E-state index contributed by atoms with van der Waals surface area (Å²) >= 11 is 1.42. The highest BCUT2D eigenvalue weighted by molar-refractivity contribution is 8.13. The summed E-state index contributed by atoms with van der Waals surface area (Å²) in [6.07, 6.45) is 1.90. The van der Waals surface area contributed by atoms with Crippen LogP contribution in [-0.2, 0) is 0 Å². The fraction of sp³-hybridized carbons (Fsp3) is 0.417. The summed E-state index contributed by atoms with van der Waals surface area (Å²) in [5.74, 6) is 1.27. The standard InChI is InChI=1S/C12H17NOS/c1-8(2)9-5-6-10(12(13)15-4)11(7-9)14-3/h5-8,13H,1-4H3. The van der Waals surface area contributed by atoms with Gasteiger partial charge in [0.25, 0.3) is 0 Å². The Hall–Kier alpha value is -0.960. The molecule has 0 aliphatic heterocycles. The Kier molecular flexibility index (Phi) is 4.21. The van der Waals surface area contributed by atoms with E-state index in [2.05, 4.69) is 19.9 Å². The molecule has 0 saturated heterocycles. The van der Waals surface area contributed by atoms with Gasteiger partial charge in [-0.1, -0.05) is 19.9 Å². The molecule has 1 aromatic carbocycles. The lowest BCUT2D eigenvalue weighted by Crippen LogP contribution is -1.99. The van der Waals surface area contributed by atoms with Crippen LogP contribution in [0.2, 0.25) is 0 Å². The lowest BCUT2D eigenvalue weighted by molar-refractivity contribution is 0.413. The van der Waals surface area contributed by atoms with Crippen LogP contribution >= 0.6 is 11.8 Å². The van der Waals surface area contributed by atoms with E-state index in [1.165, 1.54) is 17.3 Å². The van der Waals surface area contributed by atoms with Crippen molar-refractivity contribution in [1.82, 2.24) is 0 Å². The zero-order valence-electron chi connectivity index (χ0n) is 9.63. The predicted octanol–water partition coefficient (Wildman–Crippen LogP) is 3.51. The van der Waals surface area contributed by atoms with E-state index in [0.29, 0.717) is 11.0 Å². The van der Waals surface area contributed by atoms with E-state index in [-0.39, 0.29) is 0 Å². The summed E-state index contributed by atoms with van der Waals surface area (Å²) in [6, 6.07) is 6.05. The van der Waals surface area contributed by atoms with Gasteiger partial charge in [-0.2, -0.15) is 0 Å². The van der Waals surface area contributed by atoms with Crippen LogP contribution in [0.4, 0.5) is 0 Å². The molecule has 0 atom stereocenters. The average molecular weight is 223 g/mol. The lowest BCUT2D eigenvalue weighted by Gasteiger charge is -2.12. The van der Waals surface area contributed by atoms with Crippen LogP contribution < -0.4 is 4.74 Å². The van der Waals surface area contributed by atoms with E-state index in [0.717, 1.165) is 11.3 Å². The Morgan fingerprint density at radius 3 is 2.53 bits per heavy atom. The molecule has 0 aliphatic carbocycles. The normalized spacial score (nSPS) is 10.5. The van der Waals surface area contributed by atoms with E-state index in [1.807, 2.05) is 18.4 Å². The number of hydrogen-bond acceptors (Lipinski definition) is 3. The van der Waals surface area contributed by atoms with Crippen LogP contribution in [0.5, 0.6) is 5.75 Å². The largest absolute Gasteiger partial charge is 0.496 e. The van der Waals surface area contributed by atoms with Crippen LogP contribution in [0.25, 0.3) is 0 Å². The minimum Gasteiger partial charge on any atom is -0.496 e. The summed E-state index contributed by atoms with van der Waals surface area (Å²) < 4.78 is 5.30. The Bertz CT molecular complexity index is 361. The molecule has 82 valence electrons. The van der Waals surface area contributed by atoms with Crippen molar-refractivity contribution in [2.45, 2.75) is 19.8 Å². The van der Waals surface area contributed by atoms with Crippen LogP contribution in [0.15, 0.2) is 18.2 Å². The molecule has 0 aliphatic rings. The number of thioether (sulfide) groups is 1. The van der Waals surface area contributed by atoms with Crippen LogP contribution in [0.3, 0.4) is 0 Å². The van der Waals surface area contributed by atoms with Gasteiger partial charge < -0.3 is 4.74 Å². The van der Waals surface area contributed by atoms with Gasteiger partial charge in [0.05, 0.1) is 12.2 Å². The summed E-state index contributed by atoms with van der Waals surface area (Å²) in [7, 11) is 1.65. The zero-order valence-corrected chi connectivity index (χ0v) is 10.4. The maximum absolute atomic E-state index is 7.78. The third-order valence-electron chi connectivity index (χ3n) is 2.34. The number of rotatable bonds is 3. The monoisotopic (exact) mass is 223 g/mol. The third-order valence-corrected chi connectivity index (χ3v) is 2.97. The summed E-state index contributed by atoms with van der Waals surface area (Å²) in [4.78, 5) is 0. The van der Waals surface area contributed by atoms with Gasteiger partial charge in [0, 0.05) is 5.56 Å². The number of ether oxygens (including phenoxy) is 1. The quantitative estimate of drug-likeness (QED) is 0.628. The number of nitrogens with one attached hydrogen (secondary N) is 1. The van der Waals surface area contributed by atoms with Gasteiger partial charge in [-0.15, -0.1) is 11.8 Å². The Balaban J connectivity index is 3.15. The molecule has 2 nitrogen and oxygen atoms in total. The Morgan fingerprint density at radius 2 is 2.07 bits per heavy atom. The van der Waals surface area contributed by atoms with Gasteiger partial charge in [-0.3, -0.25) is 5.41 Å². The smallest absolute Gasteiger partial charge is 0.129 e. The number of benzene rings is 1. The lowest BCUT2D eigenvalue weighted by atomic mass is 10.0. The Morgan fingerprint density at radius 1 is 1.40 bits per heavy atom. The van der Waals surface area contributed by atoms with Crippen molar-refractivity contribution in [3.8, 4) is 5.75 Å². The summed E-state index contributed by atoms with van der Waals surface area (Å²) in [5.41, 5.74) is 2.11.